The molecule has 1 atom stereocenters. The molecule has 0 bridgehead atoms. The van der Waals surface area contributed by atoms with Crippen LogP contribution in [0.1, 0.15) is 31.7 Å². The maximum atomic E-state index is 10.3. The zero-order chi connectivity index (χ0) is 10.2. The molecule has 3 N–H and O–H groups in total. The second kappa shape index (κ2) is 3.24. The molecular formula is C11H16N2O. The highest BCUT2D eigenvalue weighted by molar-refractivity contribution is 5.42. The van der Waals surface area contributed by atoms with E-state index < -0.39 is 5.60 Å². The first kappa shape index (κ1) is 9.46. The Balaban J connectivity index is 2.22. The third-order valence-electron chi connectivity index (χ3n) is 2.80. The number of anilines is 1. The number of hydrogen-bond acceptors (Lipinski definition) is 3. The van der Waals surface area contributed by atoms with Crippen LogP contribution >= 0.6 is 0 Å². The van der Waals surface area contributed by atoms with Crippen LogP contribution in [0.25, 0.3) is 0 Å². The van der Waals surface area contributed by atoms with Crippen LogP contribution in [0.2, 0.25) is 0 Å². The molecule has 3 heteroatoms. The Morgan fingerprint density at radius 1 is 1.64 bits per heavy atom. The minimum absolute atomic E-state index is 0.443. The number of aliphatic hydroxyl groups is 1. The number of nitrogens with zero attached hydrogens (tertiary/aromatic N) is 1. The molecule has 2 rings (SSSR count). The summed E-state index contributed by atoms with van der Waals surface area (Å²) in [6, 6.07) is 3.66. The smallest absolute Gasteiger partial charge is 0.129 e. The molecule has 0 aliphatic heterocycles. The Hall–Kier alpha value is -1.09. The Bertz CT molecular complexity index is 332. The second-order valence-corrected chi connectivity index (χ2v) is 4.36. The van der Waals surface area contributed by atoms with Gasteiger partial charge in [0.25, 0.3) is 0 Å². The van der Waals surface area contributed by atoms with Crippen LogP contribution in [0.5, 0.6) is 0 Å². The second-order valence-electron chi connectivity index (χ2n) is 4.36. The summed E-state index contributed by atoms with van der Waals surface area (Å²) in [5.41, 5.74) is 5.67. The molecule has 1 unspecified atom stereocenters. The fraction of sp³-hybridized carbons (Fsp3) is 0.545. The predicted octanol–water partition coefficient (Wildman–Crippen LogP) is 1.67. The lowest BCUT2D eigenvalue weighted by Gasteiger charge is -2.24. The van der Waals surface area contributed by atoms with Gasteiger partial charge in [-0.1, -0.05) is 18.9 Å². The van der Waals surface area contributed by atoms with Crippen molar-refractivity contribution < 1.29 is 5.11 Å². The van der Waals surface area contributed by atoms with Gasteiger partial charge in [0.05, 0.1) is 5.60 Å². The van der Waals surface area contributed by atoms with E-state index in [0.29, 0.717) is 11.7 Å². The Morgan fingerprint density at radius 3 is 2.93 bits per heavy atom. The first-order chi connectivity index (χ1) is 6.59. The van der Waals surface area contributed by atoms with E-state index in [2.05, 4.69) is 4.98 Å². The third kappa shape index (κ3) is 1.87. The highest BCUT2D eigenvalue weighted by Crippen LogP contribution is 2.41. The molecule has 1 aromatic heterocycles. The molecule has 0 amide bonds. The quantitative estimate of drug-likeness (QED) is 0.765. The lowest BCUT2D eigenvalue weighted by atomic mass is 9.91. The van der Waals surface area contributed by atoms with E-state index in [0.717, 1.165) is 12.0 Å². The van der Waals surface area contributed by atoms with Crippen LogP contribution in [0.15, 0.2) is 18.3 Å². The molecule has 0 spiro atoms. The standard InChI is InChI=1S/C11H16N2O/c1-11(14,7-8-4-5-8)9-3-2-6-13-10(9)12/h2-3,6,8,14H,4-5,7H2,1H3,(H2,12,13). The summed E-state index contributed by atoms with van der Waals surface area (Å²) in [5.74, 6) is 1.11. The topological polar surface area (TPSA) is 59.1 Å². The summed E-state index contributed by atoms with van der Waals surface area (Å²) >= 11 is 0. The van der Waals surface area contributed by atoms with Gasteiger partial charge in [-0.15, -0.1) is 0 Å². The van der Waals surface area contributed by atoms with E-state index >= 15 is 0 Å². The molecule has 1 aliphatic carbocycles. The lowest BCUT2D eigenvalue weighted by Crippen LogP contribution is -2.23. The van der Waals surface area contributed by atoms with Crippen molar-refractivity contribution >= 4 is 5.82 Å². The number of pyridine rings is 1. The minimum atomic E-state index is -0.820. The van der Waals surface area contributed by atoms with Crippen molar-refractivity contribution in [3.8, 4) is 0 Å². The van der Waals surface area contributed by atoms with E-state index in [4.69, 9.17) is 5.73 Å². The molecule has 0 aromatic carbocycles. The van der Waals surface area contributed by atoms with Crippen molar-refractivity contribution in [2.24, 2.45) is 5.92 Å². The van der Waals surface area contributed by atoms with Crippen molar-refractivity contribution in [1.29, 1.82) is 0 Å². The van der Waals surface area contributed by atoms with Crippen molar-refractivity contribution in [1.82, 2.24) is 4.98 Å². The van der Waals surface area contributed by atoms with E-state index in [9.17, 15) is 5.11 Å². The van der Waals surface area contributed by atoms with Gasteiger partial charge < -0.3 is 10.8 Å². The van der Waals surface area contributed by atoms with E-state index in [1.54, 1.807) is 6.20 Å². The van der Waals surface area contributed by atoms with Crippen molar-refractivity contribution in [2.45, 2.75) is 31.8 Å². The number of nitrogen functional groups attached to an aromatic ring is 1. The molecule has 76 valence electrons. The zero-order valence-electron chi connectivity index (χ0n) is 8.40. The van der Waals surface area contributed by atoms with Gasteiger partial charge >= 0.3 is 0 Å². The van der Waals surface area contributed by atoms with Gasteiger partial charge in [0.15, 0.2) is 0 Å². The monoisotopic (exact) mass is 192 g/mol. The average Bonchev–Trinajstić information content (AvgIpc) is 2.88. The normalized spacial score (nSPS) is 20.4. The first-order valence-electron chi connectivity index (χ1n) is 5.03. The van der Waals surface area contributed by atoms with Crippen molar-refractivity contribution in [2.75, 3.05) is 5.73 Å². The van der Waals surface area contributed by atoms with Gasteiger partial charge in [0.2, 0.25) is 0 Å². The van der Waals surface area contributed by atoms with E-state index in [1.165, 1.54) is 12.8 Å². The third-order valence-corrected chi connectivity index (χ3v) is 2.80. The number of hydrogen-bond donors (Lipinski definition) is 2. The SMILES string of the molecule is CC(O)(CC1CC1)c1cccnc1N. The lowest BCUT2D eigenvalue weighted by molar-refractivity contribution is 0.0422. The number of rotatable bonds is 3. The molecule has 14 heavy (non-hydrogen) atoms. The first-order valence-corrected chi connectivity index (χ1v) is 5.03. The van der Waals surface area contributed by atoms with Gasteiger partial charge in [-0.2, -0.15) is 0 Å². The van der Waals surface area contributed by atoms with Gasteiger partial charge in [-0.3, -0.25) is 0 Å². The van der Waals surface area contributed by atoms with Gasteiger partial charge in [0, 0.05) is 11.8 Å². The summed E-state index contributed by atoms with van der Waals surface area (Å²) in [4.78, 5) is 3.99. The Labute approximate surface area is 84.0 Å². The molecule has 0 saturated heterocycles. The summed E-state index contributed by atoms with van der Waals surface area (Å²) < 4.78 is 0. The zero-order valence-corrected chi connectivity index (χ0v) is 8.40. The highest BCUT2D eigenvalue weighted by atomic mass is 16.3. The molecule has 1 aromatic rings. The predicted molar refractivity (Wildman–Crippen MR) is 55.6 cm³/mol. The molecule has 1 aliphatic rings. The van der Waals surface area contributed by atoms with Crippen LogP contribution < -0.4 is 5.73 Å². The Kier molecular flexibility index (Phi) is 2.19. The van der Waals surface area contributed by atoms with Crippen LogP contribution in [-0.4, -0.2) is 10.1 Å². The minimum Gasteiger partial charge on any atom is -0.385 e. The fourth-order valence-corrected chi connectivity index (χ4v) is 1.87. The molecule has 3 nitrogen and oxygen atoms in total. The molecule has 1 heterocycles. The van der Waals surface area contributed by atoms with E-state index in [-0.39, 0.29) is 0 Å². The summed E-state index contributed by atoms with van der Waals surface area (Å²) in [7, 11) is 0. The summed E-state index contributed by atoms with van der Waals surface area (Å²) in [6.45, 7) is 1.82. The largest absolute Gasteiger partial charge is 0.385 e. The Morgan fingerprint density at radius 2 is 2.36 bits per heavy atom. The summed E-state index contributed by atoms with van der Waals surface area (Å²) in [6.07, 6.45) is 4.90. The molecular weight excluding hydrogens is 176 g/mol. The van der Waals surface area contributed by atoms with Crippen LogP contribution in [-0.2, 0) is 5.60 Å². The van der Waals surface area contributed by atoms with Gasteiger partial charge in [-0.25, -0.2) is 4.98 Å². The molecule has 0 radical (unpaired) electrons. The fourth-order valence-electron chi connectivity index (χ4n) is 1.87. The van der Waals surface area contributed by atoms with Crippen LogP contribution in [0.4, 0.5) is 5.82 Å². The maximum absolute atomic E-state index is 10.3. The van der Waals surface area contributed by atoms with Gasteiger partial charge in [0.1, 0.15) is 5.82 Å². The summed E-state index contributed by atoms with van der Waals surface area (Å²) in [5, 5.41) is 10.3. The van der Waals surface area contributed by atoms with Gasteiger partial charge in [-0.05, 0) is 25.3 Å². The van der Waals surface area contributed by atoms with Crippen LogP contribution in [0.3, 0.4) is 0 Å². The molecule has 1 fully saturated rings. The van der Waals surface area contributed by atoms with E-state index in [1.807, 2.05) is 19.1 Å². The van der Waals surface area contributed by atoms with Crippen molar-refractivity contribution in [3.05, 3.63) is 23.9 Å². The number of aromatic nitrogens is 1. The van der Waals surface area contributed by atoms with Crippen LogP contribution in [0, 0.1) is 5.92 Å². The van der Waals surface area contributed by atoms with Crippen molar-refractivity contribution in [3.63, 3.8) is 0 Å². The number of nitrogens with two attached hydrogens (primary N) is 1. The average molecular weight is 192 g/mol. The molecule has 1 saturated carbocycles. The highest BCUT2D eigenvalue weighted by Gasteiger charge is 2.34. The maximum Gasteiger partial charge on any atom is 0.129 e.